The molecule has 0 saturated heterocycles. The van der Waals surface area contributed by atoms with E-state index in [4.69, 9.17) is 0 Å². The fraction of sp³-hybridized carbons (Fsp3) is 0.300. The van der Waals surface area contributed by atoms with Crippen molar-refractivity contribution in [1.29, 1.82) is 0 Å². The normalized spacial score (nSPS) is 9.86. The third-order valence-electron chi connectivity index (χ3n) is 1.86. The number of hydrogen-bond acceptors (Lipinski definition) is 1. The number of rotatable bonds is 4. The summed E-state index contributed by atoms with van der Waals surface area (Å²) < 4.78 is 0. The van der Waals surface area contributed by atoms with E-state index in [0.29, 0.717) is 17.3 Å². The summed E-state index contributed by atoms with van der Waals surface area (Å²) in [5, 5.41) is 0. The number of hydrogen-bond donors (Lipinski definition) is 0. The number of carbonyl (C=O) groups is 1. The minimum absolute atomic E-state index is 0.147. The Morgan fingerprint density at radius 3 is 2.21 bits per heavy atom. The fourth-order valence-corrected chi connectivity index (χ4v) is 2.64. The van der Waals surface area contributed by atoms with Gasteiger partial charge in [-0.2, -0.15) is 0 Å². The van der Waals surface area contributed by atoms with Crippen LogP contribution in [0.2, 0.25) is 0 Å². The first kappa shape index (κ1) is 11.8. The number of nitrogens with zero attached hydrogens (tertiary/aromatic N) is 1. The molecule has 1 amide bonds. The molecule has 0 atom stereocenters. The first-order valence-electron chi connectivity index (χ1n) is 4.26. The van der Waals surface area contributed by atoms with Crippen LogP contribution in [-0.2, 0) is 11.2 Å². The van der Waals surface area contributed by atoms with E-state index < -0.39 is 0 Å². The summed E-state index contributed by atoms with van der Waals surface area (Å²) in [6, 6.07) is 9.78. The Morgan fingerprint density at radius 2 is 1.71 bits per heavy atom. The van der Waals surface area contributed by atoms with E-state index in [1.54, 1.807) is 4.90 Å². The summed E-state index contributed by atoms with van der Waals surface area (Å²) in [6.07, 6.45) is 0.476. The molecule has 0 aliphatic carbocycles. The standard InChI is InChI=1S/C10H11NOSe2/c12-10(11(7-13)8-14)6-9-4-2-1-3-5-9/h1-5H,6-8H2. The number of benzene rings is 1. The van der Waals surface area contributed by atoms with Crippen molar-refractivity contribution in [3.63, 3.8) is 0 Å². The van der Waals surface area contributed by atoms with E-state index in [2.05, 4.69) is 32.0 Å². The van der Waals surface area contributed by atoms with Crippen LogP contribution in [0.3, 0.4) is 0 Å². The summed E-state index contributed by atoms with van der Waals surface area (Å²) in [4.78, 5) is 13.4. The molecule has 0 spiro atoms. The van der Waals surface area contributed by atoms with E-state index in [9.17, 15) is 4.79 Å². The van der Waals surface area contributed by atoms with Gasteiger partial charge in [-0.3, -0.25) is 0 Å². The van der Waals surface area contributed by atoms with Gasteiger partial charge in [0.1, 0.15) is 0 Å². The van der Waals surface area contributed by atoms with Crippen molar-refractivity contribution in [3.8, 4) is 0 Å². The molecule has 74 valence electrons. The van der Waals surface area contributed by atoms with E-state index in [1.807, 2.05) is 30.3 Å². The second kappa shape index (κ2) is 6.26. The third-order valence-corrected chi connectivity index (χ3v) is 3.17. The maximum absolute atomic E-state index is 11.7. The summed E-state index contributed by atoms with van der Waals surface area (Å²) >= 11 is 5.69. The molecule has 0 N–H and O–H groups in total. The van der Waals surface area contributed by atoms with Crippen molar-refractivity contribution in [2.75, 3.05) is 10.9 Å². The number of carbonyl (C=O) groups excluding carboxylic acids is 1. The van der Waals surface area contributed by atoms with Gasteiger partial charge < -0.3 is 0 Å². The van der Waals surface area contributed by atoms with Crippen molar-refractivity contribution in [1.82, 2.24) is 4.90 Å². The Labute approximate surface area is 101 Å². The topological polar surface area (TPSA) is 20.3 Å². The van der Waals surface area contributed by atoms with Crippen LogP contribution < -0.4 is 0 Å². The molecule has 1 aromatic rings. The average Bonchev–Trinajstić information content (AvgIpc) is 2.21. The van der Waals surface area contributed by atoms with Crippen LogP contribution in [0.25, 0.3) is 0 Å². The van der Waals surface area contributed by atoms with E-state index >= 15 is 0 Å². The molecule has 0 unspecified atom stereocenters. The van der Waals surface area contributed by atoms with Gasteiger partial charge in [0.15, 0.2) is 0 Å². The van der Waals surface area contributed by atoms with E-state index in [0.717, 1.165) is 5.56 Å². The molecule has 0 aromatic heterocycles. The second-order valence-corrected chi connectivity index (χ2v) is 3.94. The van der Waals surface area contributed by atoms with Gasteiger partial charge in [-0.25, -0.2) is 0 Å². The number of amides is 1. The molecular formula is C10H11NOSe2. The van der Waals surface area contributed by atoms with Crippen LogP contribution >= 0.6 is 0 Å². The summed E-state index contributed by atoms with van der Waals surface area (Å²) in [5.74, 6) is 0.147. The molecule has 1 rings (SSSR count). The van der Waals surface area contributed by atoms with Crippen molar-refractivity contribution < 1.29 is 4.79 Å². The SMILES string of the molecule is O=C(Cc1ccccc1)N(C[Se])C[Se]. The molecule has 0 saturated carbocycles. The van der Waals surface area contributed by atoms with Gasteiger partial charge in [0, 0.05) is 0 Å². The molecule has 0 aliphatic rings. The summed E-state index contributed by atoms with van der Waals surface area (Å²) in [6.45, 7) is 0. The van der Waals surface area contributed by atoms with Crippen LogP contribution in [-0.4, -0.2) is 53.7 Å². The van der Waals surface area contributed by atoms with Gasteiger partial charge in [-0.05, 0) is 0 Å². The van der Waals surface area contributed by atoms with Crippen molar-refractivity contribution in [2.24, 2.45) is 0 Å². The Balaban J connectivity index is 2.57. The minimum atomic E-state index is 0.147. The molecule has 0 fully saturated rings. The maximum atomic E-state index is 11.7. The van der Waals surface area contributed by atoms with Gasteiger partial charge in [-0.15, -0.1) is 0 Å². The molecule has 4 heteroatoms. The predicted molar refractivity (Wildman–Crippen MR) is 58.2 cm³/mol. The Bertz CT molecular complexity index is 285. The predicted octanol–water partition coefficient (Wildman–Crippen LogP) is 0.310. The first-order valence-corrected chi connectivity index (χ1v) is 6.68. The van der Waals surface area contributed by atoms with Crippen LogP contribution in [0.5, 0.6) is 0 Å². The first-order chi connectivity index (χ1) is 6.77. The van der Waals surface area contributed by atoms with Crippen molar-refractivity contribution in [3.05, 3.63) is 35.9 Å². The molecule has 0 bridgehead atoms. The quantitative estimate of drug-likeness (QED) is 0.732. The summed E-state index contributed by atoms with van der Waals surface area (Å²) in [7, 11) is 0. The van der Waals surface area contributed by atoms with Crippen LogP contribution in [0.1, 0.15) is 5.56 Å². The van der Waals surface area contributed by atoms with E-state index in [1.165, 1.54) is 0 Å². The monoisotopic (exact) mass is 321 g/mol. The molecule has 0 aliphatic heterocycles. The zero-order valence-electron chi connectivity index (χ0n) is 7.68. The van der Waals surface area contributed by atoms with Gasteiger partial charge in [0.2, 0.25) is 0 Å². The van der Waals surface area contributed by atoms with E-state index in [-0.39, 0.29) is 5.91 Å². The summed E-state index contributed by atoms with van der Waals surface area (Å²) in [5.41, 5.74) is 2.33. The molecule has 14 heavy (non-hydrogen) atoms. The zero-order chi connectivity index (χ0) is 10.4. The third kappa shape index (κ3) is 3.47. The Kier molecular flexibility index (Phi) is 5.27. The Hall–Kier alpha value is -0.271. The molecule has 0 heterocycles. The van der Waals surface area contributed by atoms with Crippen LogP contribution in [0, 0.1) is 0 Å². The van der Waals surface area contributed by atoms with Gasteiger partial charge in [-0.1, -0.05) is 0 Å². The van der Waals surface area contributed by atoms with Gasteiger partial charge >= 0.3 is 101 Å². The molecule has 2 nitrogen and oxygen atoms in total. The zero-order valence-corrected chi connectivity index (χ0v) is 11.1. The Morgan fingerprint density at radius 1 is 1.14 bits per heavy atom. The van der Waals surface area contributed by atoms with Gasteiger partial charge in [0.25, 0.3) is 0 Å². The van der Waals surface area contributed by atoms with Gasteiger partial charge in [0.05, 0.1) is 0 Å². The fourth-order valence-electron chi connectivity index (χ4n) is 1.06. The molecular weight excluding hydrogens is 308 g/mol. The average molecular weight is 319 g/mol. The molecule has 2 radical (unpaired) electrons. The van der Waals surface area contributed by atoms with Crippen LogP contribution in [0.4, 0.5) is 0 Å². The van der Waals surface area contributed by atoms with Crippen LogP contribution in [0.15, 0.2) is 30.3 Å². The second-order valence-electron chi connectivity index (χ2n) is 2.85. The van der Waals surface area contributed by atoms with Crippen molar-refractivity contribution in [2.45, 2.75) is 6.42 Å². The molecule has 1 aromatic carbocycles. The van der Waals surface area contributed by atoms with Crippen molar-refractivity contribution >= 4 is 37.9 Å².